The first-order chi connectivity index (χ1) is 16.2. The Labute approximate surface area is 202 Å². The maximum atomic E-state index is 9.41. The predicted octanol–water partition coefficient (Wildman–Crippen LogP) is 0.924. The first-order valence-electron chi connectivity index (χ1n) is 10.3. The van der Waals surface area contributed by atoms with Gasteiger partial charge >= 0.3 is 0 Å². The number of fused-ring (bicyclic) bond motifs is 1. The molecule has 0 amide bonds. The predicted molar refractivity (Wildman–Crippen MR) is 128 cm³/mol. The molecule has 0 aliphatic rings. The lowest BCUT2D eigenvalue weighted by molar-refractivity contribution is -0.301. The average Bonchev–Trinajstić information content (AvgIpc) is 3.24. The smallest absolute Gasteiger partial charge is 0.186 e. The Kier molecular flexibility index (Phi) is 10.3. The summed E-state index contributed by atoms with van der Waals surface area (Å²) in [6, 6.07) is 14.3. The molecule has 0 atom stereocenters. The second-order valence-corrected chi connectivity index (χ2v) is 8.38. The summed E-state index contributed by atoms with van der Waals surface area (Å²) in [5.41, 5.74) is 2.25. The Balaban J connectivity index is 0.000000440. The van der Waals surface area contributed by atoms with Crippen molar-refractivity contribution in [3.63, 3.8) is 0 Å². The van der Waals surface area contributed by atoms with Gasteiger partial charge in [0.15, 0.2) is 5.13 Å². The fourth-order valence-electron chi connectivity index (χ4n) is 2.81. The number of nitrogens with zero attached hydrogens (tertiary/aromatic N) is 3. The van der Waals surface area contributed by atoms with Crippen molar-refractivity contribution in [3.05, 3.63) is 60.2 Å². The molecule has 0 aliphatic carbocycles. The minimum atomic E-state index is -1.55. The monoisotopic (exact) mass is 485 g/mol. The van der Waals surface area contributed by atoms with Crippen LogP contribution in [0.3, 0.4) is 0 Å². The number of benzene rings is 2. The third-order valence-corrected chi connectivity index (χ3v) is 5.64. The van der Waals surface area contributed by atoms with Crippen molar-refractivity contribution < 1.29 is 29.3 Å². The summed E-state index contributed by atoms with van der Waals surface area (Å²) in [5, 5.41) is 19.9. The molecule has 182 valence electrons. The van der Waals surface area contributed by atoms with Crippen LogP contribution >= 0.6 is 11.3 Å². The van der Waals surface area contributed by atoms with E-state index in [4.69, 9.17) is 14.5 Å². The van der Waals surface area contributed by atoms with E-state index in [9.17, 15) is 19.8 Å². The van der Waals surface area contributed by atoms with Crippen molar-refractivity contribution in [2.24, 2.45) is 0 Å². The van der Waals surface area contributed by atoms with E-state index in [2.05, 4.69) is 36.0 Å². The van der Waals surface area contributed by atoms with Gasteiger partial charge in [-0.1, -0.05) is 23.5 Å². The molecule has 0 spiro atoms. The molecule has 0 unspecified atom stereocenters. The number of likely N-dealkylation sites (N-methyl/N-ethyl adjacent to an activating group) is 1. The zero-order chi connectivity index (χ0) is 25.1. The van der Waals surface area contributed by atoms with E-state index in [-0.39, 0.29) is 0 Å². The summed E-state index contributed by atoms with van der Waals surface area (Å²) < 4.78 is 11.7. The molecule has 0 saturated carbocycles. The number of carboxylic acid groups (broad SMARTS) is 2. The van der Waals surface area contributed by atoms with Gasteiger partial charge in [0.25, 0.3) is 0 Å². The Morgan fingerprint density at radius 3 is 2.06 bits per heavy atom. The van der Waals surface area contributed by atoms with E-state index in [0.717, 1.165) is 46.5 Å². The van der Waals surface area contributed by atoms with E-state index in [0.29, 0.717) is 12.2 Å². The first kappa shape index (κ1) is 26.6. The highest BCUT2D eigenvalue weighted by Crippen LogP contribution is 2.32. The summed E-state index contributed by atoms with van der Waals surface area (Å²) in [5.74, 6) is -1.35. The van der Waals surface area contributed by atoms with Gasteiger partial charge in [-0.15, -0.1) is 0 Å². The van der Waals surface area contributed by atoms with Crippen LogP contribution in [0.5, 0.6) is 11.5 Å². The number of aliphatic carboxylic acids is 2. The van der Waals surface area contributed by atoms with Crippen molar-refractivity contribution in [2.45, 2.75) is 6.54 Å². The molecule has 9 nitrogen and oxygen atoms in total. The standard InChI is InChI=1S/C20H25N3O2S.C4H4O4/c1-22(2)11-12-23(14-15-5-7-16(24-3)8-6-15)20-21-18-10-9-17(25-4)13-19(18)26-20;5-3(6)1-2-4(7)8/h5-10,13H,11-12,14H2,1-4H3;1-2H,(H,5,6)(H,7,8)/p-2/b;2-1+. The lowest BCUT2D eigenvalue weighted by Gasteiger charge is -2.24. The maximum Gasteiger partial charge on any atom is 0.186 e. The molecule has 3 aromatic rings. The van der Waals surface area contributed by atoms with E-state index < -0.39 is 11.9 Å². The van der Waals surface area contributed by atoms with Crippen LogP contribution < -0.4 is 24.6 Å². The lowest BCUT2D eigenvalue weighted by atomic mass is 10.2. The van der Waals surface area contributed by atoms with Crippen LogP contribution in [0.2, 0.25) is 0 Å². The number of anilines is 1. The third kappa shape index (κ3) is 8.72. The summed E-state index contributed by atoms with van der Waals surface area (Å²) in [7, 11) is 7.56. The summed E-state index contributed by atoms with van der Waals surface area (Å²) >= 11 is 1.71. The second-order valence-electron chi connectivity index (χ2n) is 7.37. The molecule has 0 bridgehead atoms. The molecule has 10 heteroatoms. The molecule has 0 N–H and O–H groups in total. The molecule has 1 aromatic heterocycles. The van der Waals surface area contributed by atoms with Crippen LogP contribution in [0.15, 0.2) is 54.6 Å². The maximum absolute atomic E-state index is 9.41. The Morgan fingerprint density at radius 1 is 0.941 bits per heavy atom. The molecule has 2 aromatic carbocycles. The van der Waals surface area contributed by atoms with Crippen molar-refractivity contribution in [2.75, 3.05) is 46.3 Å². The van der Waals surface area contributed by atoms with Crippen LogP contribution in [-0.4, -0.2) is 63.2 Å². The number of hydrogen-bond acceptors (Lipinski definition) is 10. The fraction of sp³-hybridized carbons (Fsp3) is 0.292. The molecule has 0 saturated heterocycles. The van der Waals surface area contributed by atoms with Gasteiger partial charge in [-0.2, -0.15) is 0 Å². The highest BCUT2D eigenvalue weighted by molar-refractivity contribution is 7.22. The fourth-order valence-corrected chi connectivity index (χ4v) is 3.82. The van der Waals surface area contributed by atoms with Gasteiger partial charge in [-0.25, -0.2) is 4.98 Å². The Hall–Kier alpha value is -3.63. The quantitative estimate of drug-likeness (QED) is 0.386. The number of carboxylic acids is 2. The SMILES string of the molecule is COc1ccc(CN(CCN(C)C)c2nc3ccc(OC)cc3s2)cc1.O=C([O-])/C=C/C(=O)[O-]. The highest BCUT2D eigenvalue weighted by atomic mass is 32.1. The number of aromatic nitrogens is 1. The van der Waals surface area contributed by atoms with Crippen molar-refractivity contribution in [1.82, 2.24) is 9.88 Å². The second kappa shape index (κ2) is 13.2. The van der Waals surface area contributed by atoms with Crippen LogP contribution in [0, 0.1) is 0 Å². The van der Waals surface area contributed by atoms with E-state index in [1.54, 1.807) is 25.6 Å². The first-order valence-corrected chi connectivity index (χ1v) is 11.1. The summed E-state index contributed by atoms with van der Waals surface area (Å²) in [4.78, 5) is 28.2. The number of hydrogen-bond donors (Lipinski definition) is 0. The van der Waals surface area contributed by atoms with Crippen LogP contribution in [0.1, 0.15) is 5.56 Å². The zero-order valence-corrected chi connectivity index (χ0v) is 20.3. The van der Waals surface area contributed by atoms with Crippen molar-refractivity contribution in [3.8, 4) is 11.5 Å². The van der Waals surface area contributed by atoms with Crippen molar-refractivity contribution >= 4 is 38.6 Å². The summed E-state index contributed by atoms with van der Waals surface area (Å²) in [6.45, 7) is 2.69. The molecule has 0 fully saturated rings. The van der Waals surface area contributed by atoms with Crippen molar-refractivity contribution in [1.29, 1.82) is 0 Å². The van der Waals surface area contributed by atoms with Gasteiger partial charge in [-0.05, 0) is 62.1 Å². The topological polar surface area (TPSA) is 118 Å². The van der Waals surface area contributed by atoms with Gasteiger partial charge < -0.3 is 39.1 Å². The average molecular weight is 486 g/mol. The number of thiazole rings is 1. The third-order valence-electron chi connectivity index (χ3n) is 4.56. The number of carbonyl (C=O) groups excluding carboxylic acids is 2. The number of carbonyl (C=O) groups is 2. The minimum absolute atomic E-state index is 0.384. The molecule has 3 rings (SSSR count). The lowest BCUT2D eigenvalue weighted by Crippen LogP contribution is -2.31. The van der Waals surface area contributed by atoms with Gasteiger partial charge in [0, 0.05) is 19.6 Å². The van der Waals surface area contributed by atoms with Gasteiger partial charge in [0.1, 0.15) is 11.5 Å². The molecule has 1 heterocycles. The van der Waals surface area contributed by atoms with E-state index in [1.165, 1.54) is 5.56 Å². The largest absolute Gasteiger partial charge is 0.545 e. The molecule has 0 aliphatic heterocycles. The van der Waals surface area contributed by atoms with E-state index >= 15 is 0 Å². The van der Waals surface area contributed by atoms with Crippen LogP contribution in [0.4, 0.5) is 5.13 Å². The van der Waals surface area contributed by atoms with Crippen LogP contribution in [-0.2, 0) is 16.1 Å². The Bertz CT molecular complexity index is 1100. The zero-order valence-electron chi connectivity index (χ0n) is 19.5. The Morgan fingerprint density at radius 2 is 1.53 bits per heavy atom. The molecule has 0 radical (unpaired) electrons. The minimum Gasteiger partial charge on any atom is -0.545 e. The normalized spacial score (nSPS) is 10.7. The van der Waals surface area contributed by atoms with Gasteiger partial charge in [-0.3, -0.25) is 0 Å². The number of rotatable bonds is 10. The van der Waals surface area contributed by atoms with Crippen LogP contribution in [0.25, 0.3) is 10.2 Å². The molecule has 34 heavy (non-hydrogen) atoms. The van der Waals surface area contributed by atoms with Gasteiger partial charge in [0.05, 0.1) is 36.4 Å². The highest BCUT2D eigenvalue weighted by Gasteiger charge is 2.14. The summed E-state index contributed by atoms with van der Waals surface area (Å²) in [6.07, 6.45) is 0.769. The van der Waals surface area contributed by atoms with E-state index in [1.807, 2.05) is 30.3 Å². The van der Waals surface area contributed by atoms with Gasteiger partial charge in [0.2, 0.25) is 0 Å². The molecular formula is C24H27N3O6S-2. The number of methoxy groups -OCH3 is 2. The molecular weight excluding hydrogens is 458 g/mol. The number of ether oxygens (including phenoxy) is 2.